The number of piperazine rings is 1. The highest BCUT2D eigenvalue weighted by Crippen LogP contribution is 2.19. The second kappa shape index (κ2) is 6.84. The van der Waals surface area contributed by atoms with Crippen LogP contribution in [0.2, 0.25) is 0 Å². The maximum absolute atomic E-state index is 4.27. The Hall–Kier alpha value is -2.66. The minimum Gasteiger partial charge on any atom is -0.325 e. The second-order valence-electron chi connectivity index (χ2n) is 6.30. The van der Waals surface area contributed by atoms with Crippen LogP contribution in [-0.2, 0) is 6.54 Å². The van der Waals surface area contributed by atoms with Gasteiger partial charge in [0.25, 0.3) is 5.82 Å². The van der Waals surface area contributed by atoms with Gasteiger partial charge in [-0.25, -0.2) is 4.98 Å². The van der Waals surface area contributed by atoms with Crippen molar-refractivity contribution in [3.63, 3.8) is 0 Å². The minimum atomic E-state index is 1.02. The summed E-state index contributed by atoms with van der Waals surface area (Å²) in [6.45, 7) is 5.46. The first-order chi connectivity index (χ1) is 11.9. The van der Waals surface area contributed by atoms with Crippen LogP contribution in [-0.4, -0.2) is 36.4 Å². The predicted octanol–water partition coefficient (Wildman–Crippen LogP) is 0.796. The van der Waals surface area contributed by atoms with Gasteiger partial charge in [0.15, 0.2) is 0 Å². The molecule has 0 radical (unpaired) electrons. The Labute approximate surface area is 142 Å². The molecule has 1 aliphatic rings. The van der Waals surface area contributed by atoms with E-state index in [1.807, 2.05) is 24.5 Å². The van der Waals surface area contributed by atoms with Gasteiger partial charge in [-0.05, 0) is 6.07 Å². The van der Waals surface area contributed by atoms with E-state index in [1.165, 1.54) is 16.9 Å². The molecule has 3 aromatic rings. The summed E-state index contributed by atoms with van der Waals surface area (Å²) >= 11 is 0. The van der Waals surface area contributed by atoms with Gasteiger partial charge in [-0.3, -0.25) is 10.00 Å². The zero-order valence-electron chi connectivity index (χ0n) is 13.7. The smallest absolute Gasteiger partial charge is 0.274 e. The first kappa shape index (κ1) is 14.9. The van der Waals surface area contributed by atoms with Crippen molar-refractivity contribution in [3.05, 3.63) is 66.5 Å². The third-order valence-corrected chi connectivity index (χ3v) is 4.72. The second-order valence-corrected chi connectivity index (χ2v) is 6.30. The van der Waals surface area contributed by atoms with E-state index in [0.29, 0.717) is 0 Å². The summed E-state index contributed by atoms with van der Waals surface area (Å²) in [6, 6.07) is 16.7. The van der Waals surface area contributed by atoms with E-state index < -0.39 is 0 Å². The van der Waals surface area contributed by atoms with E-state index in [0.717, 1.165) is 38.4 Å². The van der Waals surface area contributed by atoms with Gasteiger partial charge < -0.3 is 4.90 Å². The molecule has 0 aliphatic carbocycles. The maximum atomic E-state index is 4.27. The fourth-order valence-corrected chi connectivity index (χ4v) is 3.39. The number of benzene rings is 1. The Morgan fingerprint density at radius 1 is 1.04 bits per heavy atom. The van der Waals surface area contributed by atoms with Gasteiger partial charge >= 0.3 is 0 Å². The molecule has 3 heterocycles. The van der Waals surface area contributed by atoms with Gasteiger partial charge in [-0.15, -0.1) is 0 Å². The van der Waals surface area contributed by atoms with Crippen molar-refractivity contribution >= 4 is 5.82 Å². The molecule has 24 heavy (non-hydrogen) atoms. The summed E-state index contributed by atoms with van der Waals surface area (Å²) in [6.07, 6.45) is 3.97. The molecule has 0 saturated carbocycles. The average molecular weight is 321 g/mol. The van der Waals surface area contributed by atoms with Crippen molar-refractivity contribution < 1.29 is 9.88 Å². The average Bonchev–Trinajstić information content (AvgIpc) is 3.12. The van der Waals surface area contributed by atoms with Crippen LogP contribution < -0.4 is 14.8 Å². The lowest BCUT2D eigenvalue weighted by atomic mass is 10.1. The largest absolute Gasteiger partial charge is 0.325 e. The molecule has 5 nitrogen and oxygen atoms in total. The topological polar surface area (TPSA) is 50.5 Å². The van der Waals surface area contributed by atoms with Gasteiger partial charge in [0.1, 0.15) is 32.7 Å². The van der Waals surface area contributed by atoms with E-state index in [9.17, 15) is 0 Å². The highest BCUT2D eigenvalue weighted by molar-refractivity contribution is 5.62. The van der Waals surface area contributed by atoms with Crippen molar-refractivity contribution in [1.82, 2.24) is 10.2 Å². The molecule has 5 heteroatoms. The molecule has 1 aliphatic heterocycles. The quantitative estimate of drug-likeness (QED) is 0.747. The Morgan fingerprint density at radius 3 is 2.58 bits per heavy atom. The van der Waals surface area contributed by atoms with Crippen LogP contribution in [0.25, 0.3) is 11.3 Å². The van der Waals surface area contributed by atoms with Crippen molar-refractivity contribution in [2.75, 3.05) is 31.1 Å². The molecule has 1 saturated heterocycles. The monoisotopic (exact) mass is 321 g/mol. The van der Waals surface area contributed by atoms with Crippen LogP contribution in [0, 0.1) is 0 Å². The van der Waals surface area contributed by atoms with E-state index in [2.05, 4.69) is 56.5 Å². The fourth-order valence-electron chi connectivity index (χ4n) is 3.39. The molecule has 0 unspecified atom stereocenters. The van der Waals surface area contributed by atoms with Crippen molar-refractivity contribution in [2.24, 2.45) is 0 Å². The number of quaternary nitrogens is 1. The summed E-state index contributed by atoms with van der Waals surface area (Å²) in [5, 5.41) is 7.44. The molecule has 3 N–H and O–H groups in total. The van der Waals surface area contributed by atoms with Gasteiger partial charge in [-0.1, -0.05) is 36.4 Å². The van der Waals surface area contributed by atoms with Crippen LogP contribution in [0.4, 0.5) is 5.82 Å². The van der Waals surface area contributed by atoms with Crippen molar-refractivity contribution in [2.45, 2.75) is 6.54 Å². The fraction of sp³-hybridized carbons (Fsp3) is 0.263. The van der Waals surface area contributed by atoms with Gasteiger partial charge in [0.2, 0.25) is 0 Å². The van der Waals surface area contributed by atoms with E-state index in [4.69, 9.17) is 0 Å². The van der Waals surface area contributed by atoms with Crippen LogP contribution in [0.3, 0.4) is 0 Å². The number of hydrogen-bond acceptors (Lipinski definition) is 2. The molecule has 1 fully saturated rings. The summed E-state index contributed by atoms with van der Waals surface area (Å²) in [5.74, 6) is 1.21. The zero-order valence-corrected chi connectivity index (χ0v) is 13.7. The Morgan fingerprint density at radius 2 is 1.83 bits per heavy atom. The van der Waals surface area contributed by atoms with Crippen LogP contribution >= 0.6 is 0 Å². The molecule has 0 spiro atoms. The SMILES string of the molecule is c1ccc(-c2[nH]ncc2C[NH+]2CCN(c3cccc[nH+]3)CC2)cc1. The summed E-state index contributed by atoms with van der Waals surface area (Å²) < 4.78 is 0. The lowest BCUT2D eigenvalue weighted by molar-refractivity contribution is -0.914. The van der Waals surface area contributed by atoms with Crippen LogP contribution in [0.5, 0.6) is 0 Å². The number of nitrogens with zero attached hydrogens (tertiary/aromatic N) is 2. The standard InChI is InChI=1S/C19H21N5/c1-2-6-16(7-3-1)19-17(14-21-22-19)15-23-10-12-24(13-11-23)18-8-4-5-9-20-18/h1-9,14H,10-13,15H2,(H,21,22)/p+2. The highest BCUT2D eigenvalue weighted by Gasteiger charge is 2.26. The lowest BCUT2D eigenvalue weighted by Gasteiger charge is -2.28. The number of nitrogens with one attached hydrogen (secondary N) is 3. The summed E-state index contributed by atoms with van der Waals surface area (Å²) in [7, 11) is 0. The van der Waals surface area contributed by atoms with E-state index in [-0.39, 0.29) is 0 Å². The predicted molar refractivity (Wildman–Crippen MR) is 93.6 cm³/mol. The molecule has 0 amide bonds. The lowest BCUT2D eigenvalue weighted by Crippen LogP contribution is -3.13. The molecule has 0 atom stereocenters. The summed E-state index contributed by atoms with van der Waals surface area (Å²) in [4.78, 5) is 7.37. The number of H-pyrrole nitrogens is 2. The van der Waals surface area contributed by atoms with Crippen LogP contribution in [0.15, 0.2) is 60.9 Å². The first-order valence-electron chi connectivity index (χ1n) is 8.53. The van der Waals surface area contributed by atoms with E-state index >= 15 is 0 Å². The number of pyridine rings is 1. The molecule has 2 aromatic heterocycles. The highest BCUT2D eigenvalue weighted by atomic mass is 15.3. The van der Waals surface area contributed by atoms with Gasteiger partial charge in [-0.2, -0.15) is 5.10 Å². The minimum absolute atomic E-state index is 1.02. The third-order valence-electron chi connectivity index (χ3n) is 4.72. The molecule has 1 aromatic carbocycles. The molecule has 4 rings (SSSR count). The third kappa shape index (κ3) is 3.16. The number of aromatic amines is 2. The number of rotatable bonds is 4. The van der Waals surface area contributed by atoms with Crippen LogP contribution in [0.1, 0.15) is 5.56 Å². The molecule has 0 bridgehead atoms. The van der Waals surface area contributed by atoms with Gasteiger partial charge in [0, 0.05) is 11.6 Å². The Kier molecular flexibility index (Phi) is 4.25. The Bertz CT molecular complexity index is 761. The normalized spacial score (nSPS) is 15.6. The number of anilines is 1. The summed E-state index contributed by atoms with van der Waals surface area (Å²) in [5.41, 5.74) is 3.67. The Balaban J connectivity index is 1.41. The number of hydrogen-bond donors (Lipinski definition) is 2. The van der Waals surface area contributed by atoms with Gasteiger partial charge in [0.05, 0.1) is 23.7 Å². The van der Waals surface area contributed by atoms with Crippen molar-refractivity contribution in [3.8, 4) is 11.3 Å². The molecular formula is C19H23N5+2. The van der Waals surface area contributed by atoms with Crippen molar-refractivity contribution in [1.29, 1.82) is 0 Å². The number of aromatic nitrogens is 3. The maximum Gasteiger partial charge on any atom is 0.274 e. The molecular weight excluding hydrogens is 298 g/mol. The first-order valence-corrected chi connectivity index (χ1v) is 8.53. The zero-order chi connectivity index (χ0) is 16.2. The molecule has 122 valence electrons. The van der Waals surface area contributed by atoms with E-state index in [1.54, 1.807) is 4.90 Å².